The molecule has 0 heterocycles. The largest absolute Gasteiger partial charge is 0.283 e. The van der Waals surface area contributed by atoms with E-state index in [4.69, 9.17) is 0 Å². The molecule has 21 heavy (non-hydrogen) atoms. The van der Waals surface area contributed by atoms with Crippen molar-refractivity contribution in [2.24, 2.45) is 11.3 Å². The van der Waals surface area contributed by atoms with Crippen molar-refractivity contribution in [1.82, 2.24) is 0 Å². The number of nitrogens with one attached hydrogen (secondary N) is 1. The van der Waals surface area contributed by atoms with Gasteiger partial charge >= 0.3 is 0 Å². The summed E-state index contributed by atoms with van der Waals surface area (Å²) in [5, 5.41) is -0.196. The monoisotopic (exact) mass is 307 g/mol. The maximum absolute atomic E-state index is 12.7. The third kappa shape index (κ3) is 2.83. The summed E-state index contributed by atoms with van der Waals surface area (Å²) in [7, 11) is -3.26. The van der Waals surface area contributed by atoms with Gasteiger partial charge in [0.1, 0.15) is 0 Å². The number of rotatable bonds is 3. The van der Waals surface area contributed by atoms with Gasteiger partial charge in [0.25, 0.3) is 0 Å². The van der Waals surface area contributed by atoms with Gasteiger partial charge in [0.15, 0.2) is 0 Å². The van der Waals surface area contributed by atoms with Gasteiger partial charge in [-0.2, -0.15) is 0 Å². The molecule has 2 saturated carbocycles. The average Bonchev–Trinajstić information content (AvgIpc) is 2.40. The van der Waals surface area contributed by atoms with Crippen LogP contribution >= 0.6 is 0 Å². The molecule has 0 aromatic heterocycles. The molecule has 2 fully saturated rings. The number of anilines is 1. The first kappa shape index (κ1) is 14.9. The molecule has 1 unspecified atom stereocenters. The van der Waals surface area contributed by atoms with E-state index in [9.17, 15) is 8.42 Å². The first-order valence-electron chi connectivity index (χ1n) is 8.00. The molecule has 3 rings (SSSR count). The Bertz CT molecular complexity index is 598. The predicted molar refractivity (Wildman–Crippen MR) is 86.8 cm³/mol. The van der Waals surface area contributed by atoms with E-state index in [0.717, 1.165) is 37.2 Å². The molecule has 2 aliphatic rings. The highest BCUT2D eigenvalue weighted by atomic mass is 32.2. The van der Waals surface area contributed by atoms with E-state index in [2.05, 4.69) is 11.6 Å². The summed E-state index contributed by atoms with van der Waals surface area (Å²) in [6.07, 6.45) is 6.41. The third-order valence-corrected chi connectivity index (χ3v) is 7.55. The van der Waals surface area contributed by atoms with Crippen LogP contribution in [0.15, 0.2) is 24.3 Å². The molecule has 1 aromatic carbocycles. The highest BCUT2D eigenvalue weighted by molar-refractivity contribution is 7.93. The number of benzene rings is 1. The molecule has 0 radical (unpaired) electrons. The van der Waals surface area contributed by atoms with E-state index in [1.165, 1.54) is 12.8 Å². The van der Waals surface area contributed by atoms with Crippen molar-refractivity contribution in [3.8, 4) is 0 Å². The molecule has 1 aromatic rings. The van der Waals surface area contributed by atoms with Gasteiger partial charge in [-0.3, -0.25) is 4.72 Å². The molecule has 1 atom stereocenters. The number of sulfonamides is 1. The molecule has 1 spiro atoms. The molecular weight excluding hydrogens is 282 g/mol. The fourth-order valence-electron chi connectivity index (χ4n) is 3.92. The minimum absolute atomic E-state index is 0.0586. The van der Waals surface area contributed by atoms with Crippen LogP contribution in [0.4, 0.5) is 5.69 Å². The van der Waals surface area contributed by atoms with E-state index >= 15 is 0 Å². The van der Waals surface area contributed by atoms with Gasteiger partial charge in [-0.1, -0.05) is 37.5 Å². The zero-order valence-electron chi connectivity index (χ0n) is 12.9. The van der Waals surface area contributed by atoms with Crippen molar-refractivity contribution in [1.29, 1.82) is 0 Å². The van der Waals surface area contributed by atoms with Gasteiger partial charge < -0.3 is 0 Å². The summed E-state index contributed by atoms with van der Waals surface area (Å²) in [5.74, 6) is 0.754. The molecule has 0 saturated heterocycles. The summed E-state index contributed by atoms with van der Waals surface area (Å²) in [4.78, 5) is 0. The maximum Gasteiger partial charge on any atom is 0.236 e. The van der Waals surface area contributed by atoms with Crippen molar-refractivity contribution in [2.75, 3.05) is 4.72 Å². The van der Waals surface area contributed by atoms with E-state index in [0.29, 0.717) is 5.69 Å². The van der Waals surface area contributed by atoms with Crippen LogP contribution in [-0.4, -0.2) is 13.7 Å². The predicted octanol–water partition coefficient (Wildman–Crippen LogP) is 4.10. The lowest BCUT2D eigenvalue weighted by Crippen LogP contribution is -2.52. The first-order chi connectivity index (χ1) is 9.91. The second kappa shape index (κ2) is 5.31. The molecule has 2 aliphatic carbocycles. The van der Waals surface area contributed by atoms with Crippen molar-refractivity contribution < 1.29 is 8.42 Å². The fourth-order valence-corrected chi connectivity index (χ4v) is 5.97. The van der Waals surface area contributed by atoms with Crippen molar-refractivity contribution >= 4 is 15.7 Å². The molecule has 0 aliphatic heterocycles. The summed E-state index contributed by atoms with van der Waals surface area (Å²) in [6.45, 7) is 4.28. The number of aryl methyl sites for hydroxylation is 1. The summed E-state index contributed by atoms with van der Waals surface area (Å²) in [6, 6.07) is 7.58. The van der Waals surface area contributed by atoms with Gasteiger partial charge in [-0.25, -0.2) is 8.42 Å². The lowest BCUT2D eigenvalue weighted by Gasteiger charge is -2.52. The van der Waals surface area contributed by atoms with Crippen molar-refractivity contribution in [3.05, 3.63) is 29.8 Å². The SMILES string of the molecule is Cc1ccc(NS(=O)(=O)C2CCC23CCC(C)CC3)cc1. The van der Waals surface area contributed by atoms with Gasteiger partial charge in [0.2, 0.25) is 10.0 Å². The second-order valence-electron chi connectivity index (χ2n) is 7.09. The fraction of sp³-hybridized carbons (Fsp3) is 0.647. The lowest BCUT2D eigenvalue weighted by atomic mass is 9.59. The summed E-state index contributed by atoms with van der Waals surface area (Å²) >= 11 is 0. The molecule has 0 amide bonds. The van der Waals surface area contributed by atoms with Gasteiger partial charge in [-0.15, -0.1) is 0 Å². The Morgan fingerprint density at radius 2 is 1.62 bits per heavy atom. The van der Waals surface area contributed by atoms with Crippen LogP contribution in [-0.2, 0) is 10.0 Å². The van der Waals surface area contributed by atoms with Crippen molar-refractivity contribution in [2.45, 2.75) is 57.6 Å². The molecule has 0 bridgehead atoms. The molecule has 116 valence electrons. The minimum Gasteiger partial charge on any atom is -0.283 e. The van der Waals surface area contributed by atoms with E-state index in [1.807, 2.05) is 31.2 Å². The minimum atomic E-state index is -3.26. The maximum atomic E-state index is 12.7. The Balaban J connectivity index is 1.74. The lowest BCUT2D eigenvalue weighted by molar-refractivity contribution is 0.0648. The zero-order chi connectivity index (χ0) is 15.1. The third-order valence-electron chi connectivity index (χ3n) is 5.54. The number of hydrogen-bond acceptors (Lipinski definition) is 2. The molecule has 4 heteroatoms. The molecular formula is C17H25NO2S. The normalized spacial score (nSPS) is 32.7. The van der Waals surface area contributed by atoms with E-state index in [1.54, 1.807) is 0 Å². The van der Waals surface area contributed by atoms with Crippen LogP contribution in [0.3, 0.4) is 0 Å². The Hall–Kier alpha value is -1.03. The average molecular weight is 307 g/mol. The van der Waals surface area contributed by atoms with Crippen LogP contribution in [0.2, 0.25) is 0 Å². The van der Waals surface area contributed by atoms with Crippen LogP contribution in [0.25, 0.3) is 0 Å². The Kier molecular flexibility index (Phi) is 3.76. The van der Waals surface area contributed by atoms with Crippen LogP contribution < -0.4 is 4.72 Å². The quantitative estimate of drug-likeness (QED) is 0.914. The van der Waals surface area contributed by atoms with Crippen LogP contribution in [0.5, 0.6) is 0 Å². The highest BCUT2D eigenvalue weighted by Gasteiger charge is 2.53. The van der Waals surface area contributed by atoms with Crippen LogP contribution in [0.1, 0.15) is 51.0 Å². The second-order valence-corrected chi connectivity index (χ2v) is 8.95. The molecule has 1 N–H and O–H groups in total. The standard InChI is InChI=1S/C17H25NO2S/c1-13-3-5-15(6-4-13)18-21(19,20)16-9-12-17(16)10-7-14(2)8-11-17/h3-6,14,16,18H,7-12H2,1-2H3. The van der Waals surface area contributed by atoms with Crippen LogP contribution in [0, 0.1) is 18.3 Å². The Morgan fingerprint density at radius 1 is 1.05 bits per heavy atom. The van der Waals surface area contributed by atoms with Gasteiger partial charge in [-0.05, 0) is 56.1 Å². The molecule has 3 nitrogen and oxygen atoms in total. The Labute approximate surface area is 128 Å². The Morgan fingerprint density at radius 3 is 2.14 bits per heavy atom. The summed E-state index contributed by atoms with van der Waals surface area (Å²) < 4.78 is 28.2. The topological polar surface area (TPSA) is 46.2 Å². The smallest absolute Gasteiger partial charge is 0.236 e. The van der Waals surface area contributed by atoms with Gasteiger partial charge in [0, 0.05) is 5.69 Å². The van der Waals surface area contributed by atoms with Crippen molar-refractivity contribution in [3.63, 3.8) is 0 Å². The van der Waals surface area contributed by atoms with Gasteiger partial charge in [0.05, 0.1) is 5.25 Å². The zero-order valence-corrected chi connectivity index (χ0v) is 13.7. The number of hydrogen-bond donors (Lipinski definition) is 1. The van der Waals surface area contributed by atoms with E-state index < -0.39 is 10.0 Å². The highest BCUT2D eigenvalue weighted by Crippen LogP contribution is 2.55. The summed E-state index contributed by atoms with van der Waals surface area (Å²) in [5.41, 5.74) is 1.88. The van der Waals surface area contributed by atoms with E-state index in [-0.39, 0.29) is 10.7 Å². The first-order valence-corrected chi connectivity index (χ1v) is 9.54.